The highest BCUT2D eigenvalue weighted by molar-refractivity contribution is 7.99. The largest absolute Gasteiger partial charge is 0.305 e. The highest BCUT2D eigenvalue weighted by atomic mass is 32.2. The van der Waals surface area contributed by atoms with E-state index >= 15 is 0 Å². The topological polar surface area (TPSA) is 60.7 Å². The number of nitrogens with zero attached hydrogens (tertiary/aromatic N) is 4. The Labute approximate surface area is 145 Å². The van der Waals surface area contributed by atoms with Crippen LogP contribution in [0.4, 0.5) is 0 Å². The van der Waals surface area contributed by atoms with Gasteiger partial charge in [-0.2, -0.15) is 0 Å². The number of hydrogen-bond donors (Lipinski definition) is 0. The Morgan fingerprint density at radius 1 is 1.21 bits per heavy atom. The Hall–Kier alpha value is -2.47. The van der Waals surface area contributed by atoms with Crippen LogP contribution in [-0.2, 0) is 7.05 Å². The van der Waals surface area contributed by atoms with E-state index in [2.05, 4.69) is 15.2 Å². The predicted octanol–water partition coefficient (Wildman–Crippen LogP) is 3.47. The average molecular weight is 338 g/mol. The Morgan fingerprint density at radius 3 is 2.79 bits per heavy atom. The van der Waals surface area contributed by atoms with Crippen LogP contribution >= 0.6 is 11.8 Å². The van der Waals surface area contributed by atoms with Crippen molar-refractivity contribution >= 4 is 17.5 Å². The zero-order valence-electron chi connectivity index (χ0n) is 13.9. The van der Waals surface area contributed by atoms with Crippen molar-refractivity contribution in [3.63, 3.8) is 0 Å². The Balaban J connectivity index is 1.75. The molecule has 0 radical (unpaired) electrons. The molecule has 5 nitrogen and oxygen atoms in total. The van der Waals surface area contributed by atoms with Crippen LogP contribution < -0.4 is 0 Å². The summed E-state index contributed by atoms with van der Waals surface area (Å²) in [4.78, 5) is 16.6. The van der Waals surface area contributed by atoms with Crippen molar-refractivity contribution in [1.29, 1.82) is 0 Å². The minimum absolute atomic E-state index is 0.104. The number of aryl methyl sites for hydroxylation is 2. The van der Waals surface area contributed by atoms with Gasteiger partial charge in [-0.05, 0) is 37.6 Å². The van der Waals surface area contributed by atoms with Crippen LogP contribution in [0.1, 0.15) is 21.5 Å². The molecule has 0 saturated carbocycles. The van der Waals surface area contributed by atoms with Crippen LogP contribution in [0.2, 0.25) is 0 Å². The molecule has 122 valence electrons. The van der Waals surface area contributed by atoms with Crippen molar-refractivity contribution in [2.45, 2.75) is 19.0 Å². The number of benzene rings is 1. The number of ketones is 1. The first-order valence-electron chi connectivity index (χ1n) is 7.59. The first kappa shape index (κ1) is 16.4. The number of hydrogen-bond acceptors (Lipinski definition) is 5. The second-order valence-electron chi connectivity index (χ2n) is 5.64. The van der Waals surface area contributed by atoms with E-state index in [9.17, 15) is 4.79 Å². The Bertz CT molecular complexity index is 874. The minimum Gasteiger partial charge on any atom is -0.305 e. The maximum Gasteiger partial charge on any atom is 0.191 e. The van der Waals surface area contributed by atoms with Crippen LogP contribution in [-0.4, -0.2) is 31.3 Å². The average Bonchev–Trinajstić information content (AvgIpc) is 2.96. The molecule has 6 heteroatoms. The van der Waals surface area contributed by atoms with Gasteiger partial charge in [-0.1, -0.05) is 29.5 Å². The number of Topliss-reactive ketones (excluding diaryl/α,β-unsaturated/α-hetero) is 1. The molecule has 0 aliphatic rings. The molecule has 0 saturated heterocycles. The summed E-state index contributed by atoms with van der Waals surface area (Å²) in [6.07, 6.45) is 3.47. The third-order valence-electron chi connectivity index (χ3n) is 3.78. The van der Waals surface area contributed by atoms with E-state index in [0.29, 0.717) is 10.9 Å². The molecule has 2 aromatic heterocycles. The van der Waals surface area contributed by atoms with Crippen molar-refractivity contribution in [3.8, 4) is 11.4 Å². The fraction of sp³-hybridized carbons (Fsp3) is 0.222. The van der Waals surface area contributed by atoms with Gasteiger partial charge in [0.2, 0.25) is 0 Å². The molecule has 3 aromatic rings. The molecule has 1 aromatic carbocycles. The standard InChI is InChI=1S/C18H18N4OS/c1-12-6-7-13(2)15(9-12)16(23)11-24-18-21-20-17(22(18)3)14-5-4-8-19-10-14/h4-10H,11H2,1-3H3. The zero-order chi connectivity index (χ0) is 17.1. The van der Waals surface area contributed by atoms with Gasteiger partial charge in [0.1, 0.15) is 0 Å². The molecule has 0 unspecified atom stereocenters. The van der Waals surface area contributed by atoms with Gasteiger partial charge in [-0.25, -0.2) is 0 Å². The molecular formula is C18H18N4OS. The normalized spacial score (nSPS) is 10.8. The third kappa shape index (κ3) is 3.38. The lowest BCUT2D eigenvalue weighted by molar-refractivity contribution is 0.102. The molecule has 2 heterocycles. The summed E-state index contributed by atoms with van der Waals surface area (Å²) in [5.74, 6) is 1.18. The third-order valence-corrected chi connectivity index (χ3v) is 4.80. The first-order valence-corrected chi connectivity index (χ1v) is 8.58. The fourth-order valence-corrected chi connectivity index (χ4v) is 3.23. The van der Waals surface area contributed by atoms with Crippen LogP contribution in [0.5, 0.6) is 0 Å². The van der Waals surface area contributed by atoms with Gasteiger partial charge in [0.25, 0.3) is 0 Å². The van der Waals surface area contributed by atoms with E-state index in [0.717, 1.165) is 28.1 Å². The van der Waals surface area contributed by atoms with E-state index < -0.39 is 0 Å². The maximum atomic E-state index is 12.5. The van der Waals surface area contributed by atoms with Gasteiger partial charge in [0, 0.05) is 30.6 Å². The lowest BCUT2D eigenvalue weighted by atomic mass is 10.0. The van der Waals surface area contributed by atoms with Crippen molar-refractivity contribution in [1.82, 2.24) is 19.7 Å². The van der Waals surface area contributed by atoms with Gasteiger partial charge in [-0.15, -0.1) is 10.2 Å². The summed E-state index contributed by atoms with van der Waals surface area (Å²) in [6, 6.07) is 9.74. The predicted molar refractivity (Wildman–Crippen MR) is 95.2 cm³/mol. The number of carbonyl (C=O) groups is 1. The molecule has 0 N–H and O–H groups in total. The highest BCUT2D eigenvalue weighted by Crippen LogP contribution is 2.23. The quantitative estimate of drug-likeness (QED) is 0.526. The lowest BCUT2D eigenvalue weighted by Crippen LogP contribution is -2.06. The number of aromatic nitrogens is 4. The van der Waals surface area contributed by atoms with Crippen LogP contribution in [0.15, 0.2) is 47.9 Å². The first-order chi connectivity index (χ1) is 11.6. The van der Waals surface area contributed by atoms with Crippen molar-refractivity contribution < 1.29 is 4.79 Å². The van der Waals surface area contributed by atoms with Gasteiger partial charge < -0.3 is 4.57 Å². The molecule has 3 rings (SSSR count). The molecule has 0 amide bonds. The fourth-order valence-electron chi connectivity index (χ4n) is 2.43. The highest BCUT2D eigenvalue weighted by Gasteiger charge is 2.15. The molecule has 0 fully saturated rings. The Kier molecular flexibility index (Phi) is 4.76. The van der Waals surface area contributed by atoms with E-state index in [1.807, 2.05) is 55.8 Å². The summed E-state index contributed by atoms with van der Waals surface area (Å²) >= 11 is 1.40. The molecule has 0 bridgehead atoms. The van der Waals surface area contributed by atoms with E-state index in [1.54, 1.807) is 12.4 Å². The SMILES string of the molecule is Cc1ccc(C)c(C(=O)CSc2nnc(-c3cccnc3)n2C)c1. The second kappa shape index (κ2) is 6.97. The van der Waals surface area contributed by atoms with E-state index in [-0.39, 0.29) is 5.78 Å². The van der Waals surface area contributed by atoms with Crippen molar-refractivity contribution in [2.75, 3.05) is 5.75 Å². The molecular weight excluding hydrogens is 320 g/mol. The van der Waals surface area contributed by atoms with Gasteiger partial charge in [-0.3, -0.25) is 9.78 Å². The van der Waals surface area contributed by atoms with E-state index in [1.165, 1.54) is 11.8 Å². The summed E-state index contributed by atoms with van der Waals surface area (Å²) in [5, 5.41) is 9.12. The smallest absolute Gasteiger partial charge is 0.191 e. The number of thioether (sulfide) groups is 1. The van der Waals surface area contributed by atoms with Gasteiger partial charge >= 0.3 is 0 Å². The summed E-state index contributed by atoms with van der Waals surface area (Å²) in [7, 11) is 1.90. The molecule has 0 aliphatic carbocycles. The monoisotopic (exact) mass is 338 g/mol. The van der Waals surface area contributed by atoms with Gasteiger partial charge in [0.15, 0.2) is 16.8 Å². The maximum absolute atomic E-state index is 12.5. The molecule has 0 aliphatic heterocycles. The Morgan fingerprint density at radius 2 is 2.04 bits per heavy atom. The number of rotatable bonds is 5. The summed E-state index contributed by atoms with van der Waals surface area (Å²) in [6.45, 7) is 3.95. The zero-order valence-corrected chi connectivity index (χ0v) is 14.7. The van der Waals surface area contributed by atoms with Crippen LogP contribution in [0, 0.1) is 13.8 Å². The van der Waals surface area contributed by atoms with E-state index in [4.69, 9.17) is 0 Å². The summed E-state index contributed by atoms with van der Waals surface area (Å²) < 4.78 is 1.89. The minimum atomic E-state index is 0.104. The van der Waals surface area contributed by atoms with Crippen molar-refractivity contribution in [2.24, 2.45) is 7.05 Å². The molecule has 24 heavy (non-hydrogen) atoms. The number of pyridine rings is 1. The van der Waals surface area contributed by atoms with Crippen molar-refractivity contribution in [3.05, 3.63) is 59.4 Å². The number of carbonyl (C=O) groups excluding carboxylic acids is 1. The van der Waals surface area contributed by atoms with Crippen LogP contribution in [0.3, 0.4) is 0 Å². The summed E-state index contributed by atoms with van der Waals surface area (Å²) in [5.41, 5.74) is 3.77. The van der Waals surface area contributed by atoms with Gasteiger partial charge in [0.05, 0.1) is 5.75 Å². The lowest BCUT2D eigenvalue weighted by Gasteiger charge is -2.06. The second-order valence-corrected chi connectivity index (χ2v) is 6.58. The molecule has 0 spiro atoms. The van der Waals surface area contributed by atoms with Crippen LogP contribution in [0.25, 0.3) is 11.4 Å². The molecule has 0 atom stereocenters.